The number of fused-ring (bicyclic) bond motifs is 2. The first-order valence-corrected chi connectivity index (χ1v) is 12.1. The lowest BCUT2D eigenvalue weighted by Crippen LogP contribution is -2.30. The maximum atomic E-state index is 13.9. The molecule has 0 spiro atoms. The van der Waals surface area contributed by atoms with Gasteiger partial charge >= 0.3 is 0 Å². The highest BCUT2D eigenvalue weighted by Gasteiger charge is 2.44. The molecule has 6 heteroatoms. The van der Waals surface area contributed by atoms with E-state index in [1.54, 1.807) is 11.1 Å². The van der Waals surface area contributed by atoms with Gasteiger partial charge in [0.05, 0.1) is 17.0 Å². The number of aryl methyl sites for hydroxylation is 3. The summed E-state index contributed by atoms with van der Waals surface area (Å²) in [5, 5.41) is 0.454. The number of nitrogens with zero attached hydrogens (tertiary/aromatic N) is 2. The Hall–Kier alpha value is -4.71. The average Bonchev–Trinajstić information content (AvgIpc) is 3.18. The van der Waals surface area contributed by atoms with Crippen LogP contribution in [0.1, 0.15) is 44.4 Å². The number of ether oxygens (including phenoxy) is 1. The van der Waals surface area contributed by atoms with E-state index in [2.05, 4.69) is 4.98 Å². The minimum absolute atomic E-state index is 0.0449. The van der Waals surface area contributed by atoms with Gasteiger partial charge in [0.2, 0.25) is 5.76 Å². The number of amides is 1. The molecule has 1 atom stereocenters. The summed E-state index contributed by atoms with van der Waals surface area (Å²) in [5.74, 6) is 1.38. The largest absolute Gasteiger partial charge is 0.457 e. The lowest BCUT2D eigenvalue weighted by molar-refractivity contribution is 0.0970. The predicted octanol–water partition coefficient (Wildman–Crippen LogP) is 6.66. The molecule has 1 amide bonds. The standard InChI is InChI=1S/C31H24N2O4/c1-18-12-13-32-26(14-18)33-28(21-8-7-11-23(17-21)36-22-9-5-4-6-10-22)27-29(34)24-15-19(2)20(3)16-25(24)37-30(27)31(33)35/h4-17,28H,1-3H3. The Morgan fingerprint density at radius 2 is 1.59 bits per heavy atom. The number of carbonyl (C=O) groups is 1. The number of hydrogen-bond donors (Lipinski definition) is 0. The van der Waals surface area contributed by atoms with Gasteiger partial charge in [-0.1, -0.05) is 30.3 Å². The van der Waals surface area contributed by atoms with Crippen molar-refractivity contribution in [3.05, 3.63) is 129 Å². The summed E-state index contributed by atoms with van der Waals surface area (Å²) in [7, 11) is 0. The number of rotatable bonds is 4. The summed E-state index contributed by atoms with van der Waals surface area (Å²) in [6.45, 7) is 5.84. The van der Waals surface area contributed by atoms with Gasteiger partial charge in [0.1, 0.15) is 22.9 Å². The zero-order chi connectivity index (χ0) is 25.7. The molecule has 182 valence electrons. The first kappa shape index (κ1) is 22.7. The van der Waals surface area contributed by atoms with Crippen LogP contribution >= 0.6 is 0 Å². The number of anilines is 1. The molecule has 5 aromatic rings. The van der Waals surface area contributed by atoms with Crippen molar-refractivity contribution < 1.29 is 13.9 Å². The minimum Gasteiger partial charge on any atom is -0.457 e. The molecule has 0 bridgehead atoms. The highest BCUT2D eigenvalue weighted by atomic mass is 16.5. The van der Waals surface area contributed by atoms with E-state index in [4.69, 9.17) is 9.15 Å². The minimum atomic E-state index is -0.724. The molecule has 0 radical (unpaired) electrons. The van der Waals surface area contributed by atoms with E-state index in [0.29, 0.717) is 33.8 Å². The molecule has 1 unspecified atom stereocenters. The number of carbonyl (C=O) groups excluding carboxylic acids is 1. The van der Waals surface area contributed by atoms with Gasteiger partial charge in [-0.15, -0.1) is 0 Å². The molecule has 0 aliphatic carbocycles. The van der Waals surface area contributed by atoms with Gasteiger partial charge in [-0.2, -0.15) is 0 Å². The maximum Gasteiger partial charge on any atom is 0.296 e. The summed E-state index contributed by atoms with van der Waals surface area (Å²) in [4.78, 5) is 33.8. The molecule has 0 saturated carbocycles. The summed E-state index contributed by atoms with van der Waals surface area (Å²) in [6.07, 6.45) is 1.66. The smallest absolute Gasteiger partial charge is 0.296 e. The molecule has 3 aromatic carbocycles. The predicted molar refractivity (Wildman–Crippen MR) is 143 cm³/mol. The Morgan fingerprint density at radius 1 is 0.838 bits per heavy atom. The van der Waals surface area contributed by atoms with Gasteiger partial charge in [0.25, 0.3) is 5.91 Å². The Balaban J connectivity index is 1.57. The summed E-state index contributed by atoms with van der Waals surface area (Å²) < 4.78 is 12.2. The maximum absolute atomic E-state index is 13.9. The van der Waals surface area contributed by atoms with Crippen molar-refractivity contribution in [2.75, 3.05) is 4.90 Å². The van der Waals surface area contributed by atoms with Crippen LogP contribution in [0.3, 0.4) is 0 Å². The normalized spacial score (nSPS) is 14.7. The first-order chi connectivity index (χ1) is 17.9. The second kappa shape index (κ2) is 8.75. The highest BCUT2D eigenvalue weighted by Crippen LogP contribution is 2.42. The monoisotopic (exact) mass is 488 g/mol. The number of pyridine rings is 1. The van der Waals surface area contributed by atoms with Gasteiger partial charge in [-0.05, 0) is 91.6 Å². The zero-order valence-corrected chi connectivity index (χ0v) is 20.7. The molecule has 6 rings (SSSR count). The van der Waals surface area contributed by atoms with Gasteiger partial charge in [-0.25, -0.2) is 4.98 Å². The van der Waals surface area contributed by atoms with Crippen LogP contribution in [-0.2, 0) is 0 Å². The van der Waals surface area contributed by atoms with Crippen LogP contribution in [0, 0.1) is 20.8 Å². The second-order valence-electron chi connectivity index (χ2n) is 9.36. The van der Waals surface area contributed by atoms with Crippen LogP contribution in [0.2, 0.25) is 0 Å². The second-order valence-corrected chi connectivity index (χ2v) is 9.36. The van der Waals surface area contributed by atoms with Crippen LogP contribution < -0.4 is 15.1 Å². The third-order valence-electron chi connectivity index (χ3n) is 6.79. The summed E-state index contributed by atoms with van der Waals surface area (Å²) in [5.41, 5.74) is 4.13. The van der Waals surface area contributed by atoms with Crippen LogP contribution in [0.15, 0.2) is 94.3 Å². The van der Waals surface area contributed by atoms with E-state index in [9.17, 15) is 9.59 Å². The van der Waals surface area contributed by atoms with E-state index < -0.39 is 11.9 Å². The van der Waals surface area contributed by atoms with Crippen molar-refractivity contribution >= 4 is 22.7 Å². The third-order valence-corrected chi connectivity index (χ3v) is 6.79. The van der Waals surface area contributed by atoms with Gasteiger partial charge in [0.15, 0.2) is 5.43 Å². The molecule has 0 N–H and O–H groups in total. The van der Waals surface area contributed by atoms with Crippen LogP contribution in [0.5, 0.6) is 11.5 Å². The third kappa shape index (κ3) is 3.87. The Morgan fingerprint density at radius 3 is 2.38 bits per heavy atom. The summed E-state index contributed by atoms with van der Waals surface area (Å²) in [6, 6.07) is 23.5. The average molecular weight is 489 g/mol. The van der Waals surface area contributed by atoms with Crippen molar-refractivity contribution in [1.82, 2.24) is 4.98 Å². The lowest BCUT2D eigenvalue weighted by Gasteiger charge is -2.24. The van der Waals surface area contributed by atoms with Crippen LogP contribution in [0.4, 0.5) is 5.82 Å². The molecule has 37 heavy (non-hydrogen) atoms. The Bertz CT molecular complexity index is 1740. The molecule has 0 fully saturated rings. The van der Waals surface area contributed by atoms with Gasteiger partial charge < -0.3 is 9.15 Å². The van der Waals surface area contributed by atoms with Crippen molar-refractivity contribution in [2.24, 2.45) is 0 Å². The van der Waals surface area contributed by atoms with Crippen LogP contribution in [0.25, 0.3) is 11.0 Å². The van der Waals surface area contributed by atoms with Gasteiger partial charge in [0, 0.05) is 6.20 Å². The fourth-order valence-electron chi connectivity index (χ4n) is 4.80. The molecular weight excluding hydrogens is 464 g/mol. The molecular formula is C31H24N2O4. The van der Waals surface area contributed by atoms with Gasteiger partial charge in [-0.3, -0.25) is 14.5 Å². The Labute approximate surface area is 213 Å². The van der Waals surface area contributed by atoms with Crippen molar-refractivity contribution in [3.8, 4) is 11.5 Å². The first-order valence-electron chi connectivity index (χ1n) is 12.1. The fraction of sp³-hybridized carbons (Fsp3) is 0.129. The molecule has 1 aliphatic heterocycles. The number of hydrogen-bond acceptors (Lipinski definition) is 5. The zero-order valence-electron chi connectivity index (χ0n) is 20.7. The van der Waals surface area contributed by atoms with E-state index in [1.165, 1.54) is 0 Å². The number of aromatic nitrogens is 1. The van der Waals surface area contributed by atoms with E-state index in [1.807, 2.05) is 99.6 Å². The molecule has 1 aliphatic rings. The topological polar surface area (TPSA) is 72.6 Å². The highest BCUT2D eigenvalue weighted by molar-refractivity contribution is 6.10. The summed E-state index contributed by atoms with van der Waals surface area (Å²) >= 11 is 0. The Kier molecular flexibility index (Phi) is 5.37. The van der Waals surface area contributed by atoms with Crippen molar-refractivity contribution in [2.45, 2.75) is 26.8 Å². The van der Waals surface area contributed by atoms with E-state index in [-0.39, 0.29) is 11.2 Å². The van der Waals surface area contributed by atoms with Crippen molar-refractivity contribution in [1.29, 1.82) is 0 Å². The lowest BCUT2D eigenvalue weighted by atomic mass is 9.97. The molecule has 0 saturated heterocycles. The molecule has 2 aromatic heterocycles. The SMILES string of the molecule is Cc1ccnc(N2C(=O)c3oc4cc(C)c(C)cc4c(=O)c3C2c2cccc(Oc3ccccc3)c2)c1. The van der Waals surface area contributed by atoms with Crippen molar-refractivity contribution in [3.63, 3.8) is 0 Å². The molecule has 3 heterocycles. The van der Waals surface area contributed by atoms with Crippen LogP contribution in [-0.4, -0.2) is 10.9 Å². The number of para-hydroxylation sites is 1. The fourth-order valence-corrected chi connectivity index (χ4v) is 4.80. The molecule has 6 nitrogen and oxygen atoms in total. The van der Waals surface area contributed by atoms with E-state index >= 15 is 0 Å². The number of benzene rings is 3. The quantitative estimate of drug-likeness (QED) is 0.283. The van der Waals surface area contributed by atoms with E-state index in [0.717, 1.165) is 22.3 Å².